The number of benzene rings is 2. The van der Waals surface area contributed by atoms with Crippen molar-refractivity contribution in [1.82, 2.24) is 9.47 Å². The molecule has 1 aromatic heterocycles. The van der Waals surface area contributed by atoms with E-state index < -0.39 is 17.7 Å². The lowest BCUT2D eigenvalue weighted by Crippen LogP contribution is -2.37. The second-order valence-electron chi connectivity index (χ2n) is 7.07. The molecule has 1 amide bonds. The van der Waals surface area contributed by atoms with E-state index in [1.54, 1.807) is 0 Å². The number of hydrogen-bond acceptors (Lipinski definition) is 2. The summed E-state index contributed by atoms with van der Waals surface area (Å²) < 4.78 is 43.2. The summed E-state index contributed by atoms with van der Waals surface area (Å²) in [5, 5.41) is 2.74. The summed E-state index contributed by atoms with van der Waals surface area (Å²) in [6.45, 7) is 1.34. The predicted molar refractivity (Wildman–Crippen MR) is 104 cm³/mol. The van der Waals surface area contributed by atoms with Gasteiger partial charge in [0.2, 0.25) is 5.91 Å². The van der Waals surface area contributed by atoms with Crippen LogP contribution < -0.4 is 5.32 Å². The molecule has 2 heterocycles. The van der Waals surface area contributed by atoms with Gasteiger partial charge in [-0.05, 0) is 48.9 Å². The second-order valence-corrected chi connectivity index (χ2v) is 7.07. The minimum atomic E-state index is -0.645. The van der Waals surface area contributed by atoms with Gasteiger partial charge in [-0.1, -0.05) is 6.07 Å². The number of aryl methyl sites for hydroxylation is 1. The van der Waals surface area contributed by atoms with Crippen LogP contribution in [0.3, 0.4) is 0 Å². The zero-order chi connectivity index (χ0) is 20.4. The van der Waals surface area contributed by atoms with Crippen LogP contribution in [0.25, 0.3) is 0 Å². The minimum Gasteiger partial charge on any atom is -0.350 e. The van der Waals surface area contributed by atoms with Crippen molar-refractivity contribution < 1.29 is 18.0 Å². The lowest BCUT2D eigenvalue weighted by Gasteiger charge is -2.30. The number of carbonyl (C=O) groups excluding carboxylic acids is 1. The molecule has 0 bridgehead atoms. The molecular formula is C22H20F3N3O. The van der Waals surface area contributed by atoms with Crippen LogP contribution in [0.15, 0.2) is 60.8 Å². The van der Waals surface area contributed by atoms with Crippen molar-refractivity contribution in [2.24, 2.45) is 0 Å². The van der Waals surface area contributed by atoms with Crippen molar-refractivity contribution in [3.05, 3.63) is 89.5 Å². The first kappa shape index (κ1) is 19.3. The topological polar surface area (TPSA) is 37.3 Å². The van der Waals surface area contributed by atoms with Crippen LogP contribution in [0.1, 0.15) is 23.7 Å². The summed E-state index contributed by atoms with van der Waals surface area (Å²) in [5.74, 6) is -1.96. The van der Waals surface area contributed by atoms with Gasteiger partial charge in [0.25, 0.3) is 0 Å². The molecule has 0 saturated heterocycles. The molecule has 29 heavy (non-hydrogen) atoms. The summed E-state index contributed by atoms with van der Waals surface area (Å²) in [7, 11) is 0. The molecule has 0 saturated carbocycles. The molecule has 0 aliphatic carbocycles. The van der Waals surface area contributed by atoms with Crippen LogP contribution in [-0.2, 0) is 11.3 Å². The zero-order valence-corrected chi connectivity index (χ0v) is 15.6. The number of fused-ring (bicyclic) bond motifs is 1. The number of aromatic nitrogens is 1. The summed E-state index contributed by atoms with van der Waals surface area (Å²) >= 11 is 0. The largest absolute Gasteiger partial charge is 0.350 e. The molecule has 1 aliphatic heterocycles. The van der Waals surface area contributed by atoms with E-state index in [0.29, 0.717) is 17.8 Å². The fourth-order valence-electron chi connectivity index (χ4n) is 3.81. The Hall–Kier alpha value is -3.06. The Morgan fingerprint density at radius 1 is 1.00 bits per heavy atom. The number of amides is 1. The molecule has 4 nitrogen and oxygen atoms in total. The predicted octanol–water partition coefficient (Wildman–Crippen LogP) is 4.34. The molecule has 1 unspecified atom stereocenters. The standard InChI is InChI=1S/C22H20F3N3O/c23-15-4-7-17(8-5-15)26-21(29)14-28-12-2-11-27-10-1-3-20(27)22(28)18-9-6-16(24)13-19(18)25/h1,3-10,13,22H,2,11-12,14H2,(H,26,29). The quantitative estimate of drug-likeness (QED) is 0.709. The average molecular weight is 399 g/mol. The molecule has 1 atom stereocenters. The Morgan fingerprint density at radius 2 is 1.76 bits per heavy atom. The number of hydrogen-bond donors (Lipinski definition) is 1. The summed E-state index contributed by atoms with van der Waals surface area (Å²) in [4.78, 5) is 14.5. The SMILES string of the molecule is O=C(CN1CCCn2cccc2C1c1ccc(F)cc1F)Nc1ccc(F)cc1. The van der Waals surface area contributed by atoms with Crippen LogP contribution in [0.4, 0.5) is 18.9 Å². The zero-order valence-electron chi connectivity index (χ0n) is 15.6. The number of carbonyl (C=O) groups is 1. The van der Waals surface area contributed by atoms with Gasteiger partial charge in [0, 0.05) is 42.3 Å². The molecule has 0 radical (unpaired) electrons. The Bertz CT molecular complexity index is 1020. The van der Waals surface area contributed by atoms with E-state index >= 15 is 0 Å². The van der Waals surface area contributed by atoms with Crippen molar-refractivity contribution in [3.63, 3.8) is 0 Å². The third kappa shape index (κ3) is 4.19. The fourth-order valence-corrected chi connectivity index (χ4v) is 3.81. The van der Waals surface area contributed by atoms with Crippen molar-refractivity contribution in [2.45, 2.75) is 19.0 Å². The lowest BCUT2D eigenvalue weighted by molar-refractivity contribution is -0.117. The summed E-state index contributed by atoms with van der Waals surface area (Å²) in [6, 6.07) is 12.3. The Balaban J connectivity index is 1.63. The highest BCUT2D eigenvalue weighted by atomic mass is 19.1. The molecule has 0 spiro atoms. The highest BCUT2D eigenvalue weighted by Gasteiger charge is 2.30. The maximum absolute atomic E-state index is 14.7. The smallest absolute Gasteiger partial charge is 0.238 e. The van der Waals surface area contributed by atoms with E-state index in [2.05, 4.69) is 5.32 Å². The normalized spacial score (nSPS) is 16.9. The molecule has 1 N–H and O–H groups in total. The molecule has 4 rings (SSSR count). The third-order valence-electron chi connectivity index (χ3n) is 5.09. The Kier molecular flexibility index (Phi) is 5.40. The van der Waals surface area contributed by atoms with E-state index in [-0.39, 0.29) is 18.3 Å². The van der Waals surface area contributed by atoms with E-state index in [1.165, 1.54) is 36.4 Å². The number of rotatable bonds is 4. The average Bonchev–Trinajstić information content (AvgIpc) is 3.07. The van der Waals surface area contributed by atoms with Gasteiger partial charge >= 0.3 is 0 Å². The van der Waals surface area contributed by atoms with Crippen LogP contribution in [-0.4, -0.2) is 28.5 Å². The highest BCUT2D eigenvalue weighted by Crippen LogP contribution is 2.33. The molecule has 7 heteroatoms. The molecular weight excluding hydrogens is 379 g/mol. The maximum Gasteiger partial charge on any atom is 0.238 e. The van der Waals surface area contributed by atoms with Gasteiger partial charge in [-0.15, -0.1) is 0 Å². The molecule has 3 aromatic rings. The van der Waals surface area contributed by atoms with Gasteiger partial charge < -0.3 is 9.88 Å². The number of nitrogens with one attached hydrogen (secondary N) is 1. The molecule has 150 valence electrons. The van der Waals surface area contributed by atoms with Crippen molar-refractivity contribution in [3.8, 4) is 0 Å². The number of halogens is 3. The maximum atomic E-state index is 14.7. The van der Waals surface area contributed by atoms with Gasteiger partial charge in [-0.2, -0.15) is 0 Å². The van der Waals surface area contributed by atoms with Crippen molar-refractivity contribution >= 4 is 11.6 Å². The summed E-state index contributed by atoms with van der Waals surface area (Å²) in [5.41, 5.74) is 1.66. The lowest BCUT2D eigenvalue weighted by atomic mass is 10.0. The van der Waals surface area contributed by atoms with Gasteiger partial charge in [-0.3, -0.25) is 9.69 Å². The van der Waals surface area contributed by atoms with Crippen molar-refractivity contribution in [2.75, 3.05) is 18.4 Å². The summed E-state index contributed by atoms with van der Waals surface area (Å²) in [6.07, 6.45) is 2.71. The van der Waals surface area contributed by atoms with E-state index in [1.807, 2.05) is 27.8 Å². The Labute approximate surface area is 166 Å². The fraction of sp³-hybridized carbons (Fsp3) is 0.227. The first-order valence-electron chi connectivity index (χ1n) is 9.41. The van der Waals surface area contributed by atoms with Crippen LogP contribution in [0.5, 0.6) is 0 Å². The van der Waals surface area contributed by atoms with Gasteiger partial charge in [0.15, 0.2) is 0 Å². The van der Waals surface area contributed by atoms with E-state index in [0.717, 1.165) is 24.7 Å². The second kappa shape index (κ2) is 8.13. The van der Waals surface area contributed by atoms with Crippen LogP contribution in [0.2, 0.25) is 0 Å². The molecule has 1 aliphatic rings. The van der Waals surface area contributed by atoms with Crippen LogP contribution >= 0.6 is 0 Å². The first-order chi connectivity index (χ1) is 14.0. The molecule has 0 fully saturated rings. The van der Waals surface area contributed by atoms with Crippen LogP contribution in [0, 0.1) is 17.5 Å². The van der Waals surface area contributed by atoms with Gasteiger partial charge in [0.05, 0.1) is 12.6 Å². The number of anilines is 1. The highest BCUT2D eigenvalue weighted by molar-refractivity contribution is 5.92. The van der Waals surface area contributed by atoms with E-state index in [4.69, 9.17) is 0 Å². The van der Waals surface area contributed by atoms with Crippen molar-refractivity contribution in [1.29, 1.82) is 0 Å². The monoisotopic (exact) mass is 399 g/mol. The van der Waals surface area contributed by atoms with Gasteiger partial charge in [0.1, 0.15) is 17.5 Å². The Morgan fingerprint density at radius 3 is 2.52 bits per heavy atom. The van der Waals surface area contributed by atoms with E-state index in [9.17, 15) is 18.0 Å². The minimum absolute atomic E-state index is 0.0179. The first-order valence-corrected chi connectivity index (χ1v) is 9.41. The molecule has 2 aromatic carbocycles. The third-order valence-corrected chi connectivity index (χ3v) is 5.09. The van der Waals surface area contributed by atoms with Gasteiger partial charge in [-0.25, -0.2) is 13.2 Å². The number of nitrogens with zero attached hydrogens (tertiary/aromatic N) is 2.